The standard InChI is InChI=1S/C21H22FP/c1-18(2)23(22,19-12-6-3-7-13-19,20-14-8-4-9-15-20)21-16-10-5-11-17-21/h3-18H,1-2H3. The van der Waals surface area contributed by atoms with Crippen molar-refractivity contribution >= 4 is 22.8 Å². The zero-order chi connectivity index (χ0) is 16.4. The van der Waals surface area contributed by atoms with Crippen LogP contribution in [0, 0.1) is 0 Å². The topological polar surface area (TPSA) is 0 Å². The van der Waals surface area contributed by atoms with Crippen molar-refractivity contribution in [3.8, 4) is 0 Å². The molecule has 0 aliphatic carbocycles. The van der Waals surface area contributed by atoms with Crippen molar-refractivity contribution in [3.63, 3.8) is 0 Å². The van der Waals surface area contributed by atoms with E-state index in [0.717, 1.165) is 15.9 Å². The third kappa shape index (κ3) is 2.23. The Morgan fingerprint density at radius 2 is 0.826 bits per heavy atom. The van der Waals surface area contributed by atoms with E-state index in [1.54, 1.807) is 0 Å². The van der Waals surface area contributed by atoms with Crippen molar-refractivity contribution in [3.05, 3.63) is 91.0 Å². The number of halogens is 1. The van der Waals surface area contributed by atoms with E-state index in [4.69, 9.17) is 0 Å². The summed E-state index contributed by atoms with van der Waals surface area (Å²) in [6.07, 6.45) is 0. The second-order valence-electron chi connectivity index (χ2n) is 6.17. The summed E-state index contributed by atoms with van der Waals surface area (Å²) in [6.45, 7) is 0.000296. The van der Waals surface area contributed by atoms with E-state index in [1.165, 1.54) is 0 Å². The summed E-state index contributed by atoms with van der Waals surface area (Å²) in [5.41, 5.74) is -0.145. The normalized spacial score (nSPS) is 13.5. The van der Waals surface area contributed by atoms with E-state index in [1.807, 2.05) is 105 Å². The minimum atomic E-state index is -4.01. The first-order valence-corrected chi connectivity index (χ1v) is 10.2. The van der Waals surface area contributed by atoms with Crippen LogP contribution in [0.15, 0.2) is 91.0 Å². The van der Waals surface area contributed by atoms with Gasteiger partial charge in [0.1, 0.15) is 0 Å². The molecule has 23 heavy (non-hydrogen) atoms. The predicted octanol–water partition coefficient (Wildman–Crippen LogP) is 4.81. The minimum absolute atomic E-state index is 0.145. The zero-order valence-corrected chi connectivity index (χ0v) is 14.5. The molecule has 3 aromatic rings. The number of benzene rings is 3. The fourth-order valence-electron chi connectivity index (χ4n) is 3.50. The summed E-state index contributed by atoms with van der Waals surface area (Å²) < 4.78 is 17.6. The first kappa shape index (κ1) is 15.9. The fraction of sp³-hybridized carbons (Fsp3) is 0.143. The van der Waals surface area contributed by atoms with Gasteiger partial charge in [0, 0.05) is 0 Å². The molecule has 2 heteroatoms. The third-order valence-corrected chi connectivity index (χ3v) is 10.6. The van der Waals surface area contributed by atoms with Crippen LogP contribution in [0.4, 0.5) is 4.20 Å². The second kappa shape index (κ2) is 5.91. The summed E-state index contributed by atoms with van der Waals surface area (Å²) in [7, 11) is 0. The molecular weight excluding hydrogens is 302 g/mol. The van der Waals surface area contributed by atoms with Gasteiger partial charge in [-0.15, -0.1) is 0 Å². The molecule has 0 saturated heterocycles. The first-order chi connectivity index (χ1) is 11.1. The van der Waals surface area contributed by atoms with Crippen molar-refractivity contribution in [2.75, 3.05) is 0 Å². The van der Waals surface area contributed by atoms with Gasteiger partial charge in [-0.1, -0.05) is 0 Å². The molecular formula is C21H22FP. The van der Waals surface area contributed by atoms with Crippen LogP contribution >= 0.6 is 6.91 Å². The van der Waals surface area contributed by atoms with Crippen LogP contribution in [0.1, 0.15) is 13.8 Å². The molecule has 0 aromatic heterocycles. The van der Waals surface area contributed by atoms with Gasteiger partial charge >= 0.3 is 138 Å². The van der Waals surface area contributed by atoms with E-state index in [2.05, 4.69) is 0 Å². The Morgan fingerprint density at radius 1 is 0.565 bits per heavy atom. The van der Waals surface area contributed by atoms with Crippen LogP contribution in [0.25, 0.3) is 0 Å². The Bertz CT molecular complexity index is 667. The van der Waals surface area contributed by atoms with E-state index in [0.29, 0.717) is 0 Å². The van der Waals surface area contributed by atoms with Crippen LogP contribution in [0.5, 0.6) is 0 Å². The maximum absolute atomic E-state index is 17.6. The summed E-state index contributed by atoms with van der Waals surface area (Å²) in [5, 5.41) is 2.39. The van der Waals surface area contributed by atoms with Gasteiger partial charge in [-0.25, -0.2) is 0 Å². The van der Waals surface area contributed by atoms with Gasteiger partial charge in [-0.2, -0.15) is 0 Å². The zero-order valence-electron chi connectivity index (χ0n) is 13.6. The average Bonchev–Trinajstić information content (AvgIpc) is 2.63. The maximum atomic E-state index is 17.6. The molecule has 0 atom stereocenters. The Kier molecular flexibility index (Phi) is 4.08. The molecule has 0 bridgehead atoms. The molecule has 0 unspecified atom stereocenters. The van der Waals surface area contributed by atoms with Gasteiger partial charge in [0.05, 0.1) is 0 Å². The van der Waals surface area contributed by atoms with Gasteiger partial charge in [0.15, 0.2) is 0 Å². The Balaban J connectivity index is 2.47. The molecule has 0 saturated carbocycles. The van der Waals surface area contributed by atoms with Crippen LogP contribution in [0.3, 0.4) is 0 Å². The van der Waals surface area contributed by atoms with Crippen molar-refractivity contribution in [2.24, 2.45) is 0 Å². The summed E-state index contributed by atoms with van der Waals surface area (Å²) in [5.74, 6) is 0. The molecule has 0 nitrogen and oxygen atoms in total. The van der Waals surface area contributed by atoms with Crippen molar-refractivity contribution in [1.29, 1.82) is 0 Å². The molecule has 0 fully saturated rings. The monoisotopic (exact) mass is 324 g/mol. The van der Waals surface area contributed by atoms with Gasteiger partial charge < -0.3 is 0 Å². The average molecular weight is 324 g/mol. The quantitative estimate of drug-likeness (QED) is 0.604. The molecule has 0 heterocycles. The molecule has 118 valence electrons. The van der Waals surface area contributed by atoms with Gasteiger partial charge in [-0.05, 0) is 0 Å². The fourth-order valence-corrected chi connectivity index (χ4v) is 8.45. The van der Waals surface area contributed by atoms with E-state index in [-0.39, 0.29) is 5.66 Å². The molecule has 3 aromatic carbocycles. The molecule has 0 amide bonds. The van der Waals surface area contributed by atoms with Gasteiger partial charge in [-0.3, -0.25) is 0 Å². The SMILES string of the molecule is CC(C)P(F)(c1ccccc1)(c1ccccc1)c1ccccc1. The molecule has 0 aliphatic rings. The number of hydrogen-bond donors (Lipinski definition) is 0. The summed E-state index contributed by atoms with van der Waals surface area (Å²) >= 11 is 0. The van der Waals surface area contributed by atoms with Crippen molar-refractivity contribution < 1.29 is 4.20 Å². The molecule has 3 rings (SSSR count). The molecule has 0 spiro atoms. The van der Waals surface area contributed by atoms with Crippen molar-refractivity contribution in [1.82, 2.24) is 0 Å². The summed E-state index contributed by atoms with van der Waals surface area (Å²) in [4.78, 5) is 0. The molecule has 0 aliphatic heterocycles. The number of hydrogen-bond acceptors (Lipinski definition) is 0. The number of rotatable bonds is 4. The Morgan fingerprint density at radius 3 is 1.04 bits per heavy atom. The van der Waals surface area contributed by atoms with Crippen LogP contribution < -0.4 is 15.9 Å². The summed E-state index contributed by atoms with van der Waals surface area (Å²) in [6, 6.07) is 29.1. The van der Waals surface area contributed by atoms with Crippen LogP contribution in [0.2, 0.25) is 0 Å². The van der Waals surface area contributed by atoms with Gasteiger partial charge in [0.25, 0.3) is 0 Å². The first-order valence-electron chi connectivity index (χ1n) is 7.98. The predicted molar refractivity (Wildman–Crippen MR) is 101 cm³/mol. The Labute approximate surface area is 138 Å². The van der Waals surface area contributed by atoms with E-state index >= 15 is 4.20 Å². The van der Waals surface area contributed by atoms with Gasteiger partial charge in [0.2, 0.25) is 0 Å². The molecule has 0 N–H and O–H groups in total. The van der Waals surface area contributed by atoms with Crippen LogP contribution in [-0.4, -0.2) is 5.66 Å². The molecule has 0 radical (unpaired) electrons. The van der Waals surface area contributed by atoms with Crippen molar-refractivity contribution in [2.45, 2.75) is 19.5 Å². The second-order valence-corrected chi connectivity index (χ2v) is 10.9. The third-order valence-electron chi connectivity index (χ3n) is 4.75. The van der Waals surface area contributed by atoms with E-state index in [9.17, 15) is 0 Å². The van der Waals surface area contributed by atoms with Crippen LogP contribution in [-0.2, 0) is 0 Å². The Hall–Kier alpha value is -1.98. The van der Waals surface area contributed by atoms with E-state index < -0.39 is 6.91 Å².